The fourth-order valence-corrected chi connectivity index (χ4v) is 2.63. The average molecular weight is 288 g/mol. The smallest absolute Gasteiger partial charge is 0.193 e. The molecule has 0 unspecified atom stereocenters. The summed E-state index contributed by atoms with van der Waals surface area (Å²) in [5.74, 6) is 0.416. The summed E-state index contributed by atoms with van der Waals surface area (Å²) in [5.41, 5.74) is 9.21. The molecule has 0 saturated carbocycles. The van der Waals surface area contributed by atoms with Crippen molar-refractivity contribution in [1.29, 1.82) is 0 Å². The van der Waals surface area contributed by atoms with Crippen molar-refractivity contribution < 1.29 is 0 Å². The predicted octanol–water partition coefficient (Wildman–Crippen LogP) is 3.25. The molecule has 5 heteroatoms. The highest BCUT2D eigenvalue weighted by atomic mass is 32.1. The van der Waals surface area contributed by atoms with E-state index < -0.39 is 0 Å². The number of anilines is 1. The third-order valence-electron chi connectivity index (χ3n) is 3.09. The first-order chi connectivity index (χ1) is 9.58. The van der Waals surface area contributed by atoms with E-state index in [1.54, 1.807) is 11.3 Å². The van der Waals surface area contributed by atoms with Crippen LogP contribution in [0.4, 0.5) is 5.69 Å². The van der Waals surface area contributed by atoms with Crippen molar-refractivity contribution in [3.63, 3.8) is 0 Å². The molecule has 3 N–H and O–H groups in total. The lowest BCUT2D eigenvalue weighted by Gasteiger charge is -2.05. The van der Waals surface area contributed by atoms with Gasteiger partial charge in [-0.2, -0.15) is 0 Å². The fraction of sp³-hybridized carbons (Fsp3) is 0.333. The summed E-state index contributed by atoms with van der Waals surface area (Å²) < 4.78 is 0. The number of aliphatic imine (C=N–C) groups is 1. The van der Waals surface area contributed by atoms with E-state index in [2.05, 4.69) is 41.3 Å². The van der Waals surface area contributed by atoms with E-state index in [9.17, 15) is 0 Å². The molecule has 0 fully saturated rings. The van der Waals surface area contributed by atoms with Gasteiger partial charge in [-0.25, -0.2) is 9.98 Å². The maximum absolute atomic E-state index is 5.88. The zero-order chi connectivity index (χ0) is 14.5. The second-order valence-electron chi connectivity index (χ2n) is 4.63. The number of hydrogen-bond acceptors (Lipinski definition) is 3. The Labute approximate surface area is 123 Å². The van der Waals surface area contributed by atoms with Crippen LogP contribution in [0.1, 0.15) is 28.1 Å². The molecule has 1 aromatic heterocycles. The Morgan fingerprint density at radius 1 is 1.30 bits per heavy atom. The van der Waals surface area contributed by atoms with E-state index >= 15 is 0 Å². The summed E-state index contributed by atoms with van der Waals surface area (Å²) in [6.07, 6.45) is 1.03. The van der Waals surface area contributed by atoms with Gasteiger partial charge >= 0.3 is 0 Å². The molecule has 0 saturated heterocycles. The number of nitrogens with one attached hydrogen (secondary N) is 1. The third kappa shape index (κ3) is 3.81. The van der Waals surface area contributed by atoms with E-state index in [4.69, 9.17) is 5.73 Å². The minimum Gasteiger partial charge on any atom is -0.370 e. The number of benzene rings is 1. The topological polar surface area (TPSA) is 63.3 Å². The highest BCUT2D eigenvalue weighted by molar-refractivity contribution is 7.11. The molecule has 1 heterocycles. The Morgan fingerprint density at radius 3 is 2.55 bits per heavy atom. The largest absolute Gasteiger partial charge is 0.370 e. The van der Waals surface area contributed by atoms with Gasteiger partial charge in [0.25, 0.3) is 0 Å². The number of rotatable bonds is 4. The molecular weight excluding hydrogens is 268 g/mol. The van der Waals surface area contributed by atoms with E-state index in [0.29, 0.717) is 12.5 Å². The van der Waals surface area contributed by atoms with Gasteiger partial charge in [-0.15, -0.1) is 11.3 Å². The number of aromatic nitrogens is 1. The predicted molar refractivity (Wildman–Crippen MR) is 86.4 cm³/mol. The van der Waals surface area contributed by atoms with Crippen LogP contribution in [0.3, 0.4) is 0 Å². The molecule has 2 aromatic rings. The highest BCUT2D eigenvalue weighted by Crippen LogP contribution is 2.17. The summed E-state index contributed by atoms with van der Waals surface area (Å²) in [4.78, 5) is 9.99. The van der Waals surface area contributed by atoms with Crippen molar-refractivity contribution in [3.8, 4) is 0 Å². The Morgan fingerprint density at radius 2 is 2.00 bits per heavy atom. The lowest BCUT2D eigenvalue weighted by atomic mass is 10.1. The number of thiazole rings is 1. The van der Waals surface area contributed by atoms with Crippen molar-refractivity contribution in [2.75, 3.05) is 5.32 Å². The maximum Gasteiger partial charge on any atom is 0.193 e. The van der Waals surface area contributed by atoms with Crippen LogP contribution in [0, 0.1) is 13.8 Å². The van der Waals surface area contributed by atoms with Crippen LogP contribution in [0.2, 0.25) is 0 Å². The van der Waals surface area contributed by atoms with E-state index in [-0.39, 0.29) is 0 Å². The van der Waals surface area contributed by atoms with Gasteiger partial charge in [-0.3, -0.25) is 0 Å². The van der Waals surface area contributed by atoms with Gasteiger partial charge in [-0.1, -0.05) is 19.1 Å². The average Bonchev–Trinajstić information content (AvgIpc) is 2.76. The molecule has 0 aliphatic carbocycles. The summed E-state index contributed by atoms with van der Waals surface area (Å²) in [7, 11) is 0. The number of nitrogens with two attached hydrogens (primary N) is 1. The van der Waals surface area contributed by atoms with Gasteiger partial charge in [0, 0.05) is 10.6 Å². The quantitative estimate of drug-likeness (QED) is 0.670. The standard InChI is InChI=1S/C15H20N4S/c1-4-12-5-7-13(8-6-12)19-15(16)17-9-14-18-10(2)11(3)20-14/h5-8H,4,9H2,1-3H3,(H3,16,17,19). The molecule has 20 heavy (non-hydrogen) atoms. The summed E-state index contributed by atoms with van der Waals surface area (Å²) >= 11 is 1.67. The highest BCUT2D eigenvalue weighted by Gasteiger charge is 2.03. The summed E-state index contributed by atoms with van der Waals surface area (Å²) in [5, 5.41) is 4.08. The molecule has 0 spiro atoms. The maximum atomic E-state index is 5.88. The van der Waals surface area contributed by atoms with Gasteiger partial charge in [0.15, 0.2) is 5.96 Å². The number of aryl methyl sites for hydroxylation is 3. The zero-order valence-corrected chi connectivity index (χ0v) is 12.9. The van der Waals surface area contributed by atoms with Gasteiger partial charge in [-0.05, 0) is 38.0 Å². The first-order valence-corrected chi connectivity index (χ1v) is 7.49. The zero-order valence-electron chi connectivity index (χ0n) is 12.1. The minimum atomic E-state index is 0.416. The van der Waals surface area contributed by atoms with Crippen LogP contribution in [-0.2, 0) is 13.0 Å². The van der Waals surface area contributed by atoms with Crippen molar-refractivity contribution >= 4 is 23.0 Å². The van der Waals surface area contributed by atoms with Gasteiger partial charge < -0.3 is 11.1 Å². The molecule has 0 radical (unpaired) electrons. The lowest BCUT2D eigenvalue weighted by molar-refractivity contribution is 1.01. The molecule has 1 aromatic carbocycles. The normalized spacial score (nSPS) is 11.7. The van der Waals surface area contributed by atoms with Crippen molar-refractivity contribution in [2.24, 2.45) is 10.7 Å². The van der Waals surface area contributed by atoms with Crippen LogP contribution < -0.4 is 11.1 Å². The molecule has 0 aliphatic heterocycles. The van der Waals surface area contributed by atoms with Crippen LogP contribution in [0.25, 0.3) is 0 Å². The molecule has 0 aliphatic rings. The Hall–Kier alpha value is -1.88. The number of hydrogen-bond donors (Lipinski definition) is 2. The van der Waals surface area contributed by atoms with Crippen LogP contribution in [-0.4, -0.2) is 10.9 Å². The molecule has 0 amide bonds. The van der Waals surface area contributed by atoms with Crippen LogP contribution >= 0.6 is 11.3 Å². The fourth-order valence-electron chi connectivity index (χ4n) is 1.77. The first kappa shape index (κ1) is 14.5. The summed E-state index contributed by atoms with van der Waals surface area (Å²) in [6.45, 7) is 6.73. The SMILES string of the molecule is CCc1ccc(NC(N)=NCc2nc(C)c(C)s2)cc1. The summed E-state index contributed by atoms with van der Waals surface area (Å²) in [6, 6.07) is 8.20. The van der Waals surface area contributed by atoms with Crippen LogP contribution in [0.15, 0.2) is 29.3 Å². The van der Waals surface area contributed by atoms with E-state index in [1.807, 2.05) is 19.1 Å². The Balaban J connectivity index is 1.96. The molecule has 0 bridgehead atoms. The van der Waals surface area contributed by atoms with Crippen LogP contribution in [0.5, 0.6) is 0 Å². The van der Waals surface area contributed by atoms with Crippen molar-refractivity contribution in [2.45, 2.75) is 33.7 Å². The third-order valence-corrected chi connectivity index (χ3v) is 4.15. The minimum absolute atomic E-state index is 0.416. The van der Waals surface area contributed by atoms with E-state index in [0.717, 1.165) is 22.8 Å². The molecule has 106 valence electrons. The van der Waals surface area contributed by atoms with E-state index in [1.165, 1.54) is 10.4 Å². The van der Waals surface area contributed by atoms with Gasteiger partial charge in [0.05, 0.1) is 12.2 Å². The van der Waals surface area contributed by atoms with Gasteiger partial charge in [0.1, 0.15) is 5.01 Å². The van der Waals surface area contributed by atoms with Crippen molar-refractivity contribution in [1.82, 2.24) is 4.98 Å². The van der Waals surface area contributed by atoms with Crippen molar-refractivity contribution in [3.05, 3.63) is 45.4 Å². The van der Waals surface area contributed by atoms with Gasteiger partial charge in [0.2, 0.25) is 0 Å². The number of guanidine groups is 1. The monoisotopic (exact) mass is 288 g/mol. The molecule has 2 rings (SSSR count). The Bertz CT molecular complexity index is 579. The second-order valence-corrected chi connectivity index (χ2v) is 5.91. The number of nitrogens with zero attached hydrogens (tertiary/aromatic N) is 2. The molecular formula is C15H20N4S. The molecule has 0 atom stereocenters. The second kappa shape index (κ2) is 6.52. The lowest BCUT2D eigenvalue weighted by Crippen LogP contribution is -2.22. The Kier molecular flexibility index (Phi) is 4.74. The molecule has 4 nitrogen and oxygen atoms in total. The first-order valence-electron chi connectivity index (χ1n) is 6.67.